The minimum absolute atomic E-state index is 0.0133. The van der Waals surface area contributed by atoms with Crippen molar-refractivity contribution in [3.63, 3.8) is 0 Å². The van der Waals surface area contributed by atoms with Crippen molar-refractivity contribution in [3.8, 4) is 0 Å². The lowest BCUT2D eigenvalue weighted by Gasteiger charge is -2.14. The van der Waals surface area contributed by atoms with E-state index in [4.69, 9.17) is 15.6 Å². The molecule has 3 nitrogen and oxygen atoms in total. The second kappa shape index (κ2) is 5.57. The van der Waals surface area contributed by atoms with E-state index in [1.165, 1.54) is 0 Å². The monoisotopic (exact) mass is 211 g/mol. The maximum Gasteiger partial charge on any atom is 0.253 e. The zero-order valence-corrected chi connectivity index (χ0v) is 8.54. The SMILES string of the molecule is NC(=S)OC[C@H](CO)c1ccccc1. The highest BCUT2D eigenvalue weighted by Gasteiger charge is 2.10. The fraction of sp³-hybridized carbons (Fsp3) is 0.300. The van der Waals surface area contributed by atoms with Crippen LogP contribution in [0.2, 0.25) is 0 Å². The van der Waals surface area contributed by atoms with Gasteiger partial charge in [-0.2, -0.15) is 0 Å². The predicted octanol–water partition coefficient (Wildman–Crippen LogP) is 1.02. The van der Waals surface area contributed by atoms with Crippen molar-refractivity contribution in [2.75, 3.05) is 13.2 Å². The summed E-state index contributed by atoms with van der Waals surface area (Å²) in [5.74, 6) is -0.0716. The van der Waals surface area contributed by atoms with Crippen LogP contribution in [0.3, 0.4) is 0 Å². The Labute approximate surface area is 88.5 Å². The molecule has 0 amide bonds. The first-order chi connectivity index (χ1) is 6.74. The minimum Gasteiger partial charge on any atom is -0.470 e. The van der Waals surface area contributed by atoms with Crippen molar-refractivity contribution < 1.29 is 9.84 Å². The second-order valence-electron chi connectivity index (χ2n) is 2.92. The van der Waals surface area contributed by atoms with Crippen LogP contribution in [0.25, 0.3) is 0 Å². The van der Waals surface area contributed by atoms with Crippen LogP contribution in [0.15, 0.2) is 30.3 Å². The highest BCUT2D eigenvalue weighted by atomic mass is 32.1. The molecule has 14 heavy (non-hydrogen) atoms. The van der Waals surface area contributed by atoms with Crippen molar-refractivity contribution in [1.29, 1.82) is 0 Å². The molecule has 0 aliphatic heterocycles. The van der Waals surface area contributed by atoms with E-state index in [9.17, 15) is 0 Å². The van der Waals surface area contributed by atoms with E-state index in [1.807, 2.05) is 30.3 Å². The fourth-order valence-electron chi connectivity index (χ4n) is 1.16. The lowest BCUT2D eigenvalue weighted by molar-refractivity contribution is 0.200. The summed E-state index contributed by atoms with van der Waals surface area (Å²) in [5, 5.41) is 9.14. The summed E-state index contributed by atoms with van der Waals surface area (Å²) >= 11 is 4.59. The average molecular weight is 211 g/mol. The Hall–Kier alpha value is -1.13. The fourth-order valence-corrected chi connectivity index (χ4v) is 1.23. The summed E-state index contributed by atoms with van der Waals surface area (Å²) in [4.78, 5) is 0. The Bertz CT molecular complexity index is 289. The van der Waals surface area contributed by atoms with E-state index in [-0.39, 0.29) is 17.7 Å². The second-order valence-corrected chi connectivity index (χ2v) is 3.32. The Kier molecular flexibility index (Phi) is 4.35. The van der Waals surface area contributed by atoms with Crippen LogP contribution in [-0.2, 0) is 4.74 Å². The van der Waals surface area contributed by atoms with Crippen molar-refractivity contribution in [2.45, 2.75) is 5.92 Å². The molecule has 0 fully saturated rings. The van der Waals surface area contributed by atoms with E-state index in [2.05, 4.69) is 12.2 Å². The van der Waals surface area contributed by atoms with Crippen LogP contribution in [0, 0.1) is 0 Å². The number of aliphatic hydroxyl groups is 1. The van der Waals surface area contributed by atoms with Gasteiger partial charge >= 0.3 is 0 Å². The molecule has 1 atom stereocenters. The Morgan fingerprint density at radius 2 is 2.07 bits per heavy atom. The third-order valence-electron chi connectivity index (χ3n) is 1.92. The quantitative estimate of drug-likeness (QED) is 0.730. The van der Waals surface area contributed by atoms with Gasteiger partial charge in [-0.25, -0.2) is 0 Å². The zero-order chi connectivity index (χ0) is 10.4. The van der Waals surface area contributed by atoms with Gasteiger partial charge in [0, 0.05) is 5.92 Å². The Balaban J connectivity index is 2.58. The highest BCUT2D eigenvalue weighted by Crippen LogP contribution is 2.14. The minimum atomic E-state index is -0.0716. The van der Waals surface area contributed by atoms with Crippen LogP contribution in [0.1, 0.15) is 11.5 Å². The number of aliphatic hydroxyl groups excluding tert-OH is 1. The summed E-state index contributed by atoms with van der Waals surface area (Å²) in [6, 6.07) is 9.62. The van der Waals surface area contributed by atoms with Crippen LogP contribution in [0.5, 0.6) is 0 Å². The first-order valence-corrected chi connectivity index (χ1v) is 4.73. The Morgan fingerprint density at radius 3 is 2.57 bits per heavy atom. The number of nitrogens with two attached hydrogens (primary N) is 1. The third-order valence-corrected chi connectivity index (χ3v) is 2.04. The van der Waals surface area contributed by atoms with Gasteiger partial charge in [-0.3, -0.25) is 0 Å². The van der Waals surface area contributed by atoms with Gasteiger partial charge in [-0.1, -0.05) is 30.3 Å². The molecule has 0 heterocycles. The molecular formula is C10H13NO2S. The zero-order valence-electron chi connectivity index (χ0n) is 7.72. The summed E-state index contributed by atoms with van der Waals surface area (Å²) in [6.45, 7) is 0.336. The molecule has 0 unspecified atom stereocenters. The van der Waals surface area contributed by atoms with E-state index in [0.29, 0.717) is 6.61 Å². The van der Waals surface area contributed by atoms with E-state index < -0.39 is 0 Å². The van der Waals surface area contributed by atoms with Gasteiger partial charge in [0.15, 0.2) is 0 Å². The molecule has 3 N–H and O–H groups in total. The number of benzene rings is 1. The molecule has 0 radical (unpaired) electrons. The van der Waals surface area contributed by atoms with Crippen LogP contribution >= 0.6 is 12.2 Å². The molecule has 1 aromatic rings. The van der Waals surface area contributed by atoms with Gasteiger partial charge in [0.05, 0.1) is 13.2 Å². The van der Waals surface area contributed by atoms with Gasteiger partial charge in [-0.05, 0) is 17.8 Å². The van der Waals surface area contributed by atoms with Crippen molar-refractivity contribution >= 4 is 17.4 Å². The van der Waals surface area contributed by atoms with Crippen molar-refractivity contribution in [2.24, 2.45) is 5.73 Å². The summed E-state index contributed by atoms with van der Waals surface area (Å²) in [5.41, 5.74) is 6.22. The van der Waals surface area contributed by atoms with Crippen molar-refractivity contribution in [3.05, 3.63) is 35.9 Å². The molecule has 0 aliphatic rings. The molecule has 0 spiro atoms. The summed E-state index contributed by atoms with van der Waals surface area (Å²) in [7, 11) is 0. The molecule has 1 aromatic carbocycles. The lowest BCUT2D eigenvalue weighted by Crippen LogP contribution is -2.19. The van der Waals surface area contributed by atoms with Crippen molar-refractivity contribution in [1.82, 2.24) is 0 Å². The van der Waals surface area contributed by atoms with Gasteiger partial charge in [0.2, 0.25) is 0 Å². The van der Waals surface area contributed by atoms with Crippen LogP contribution < -0.4 is 5.73 Å². The molecule has 0 saturated heterocycles. The summed E-state index contributed by atoms with van der Waals surface area (Å²) < 4.78 is 5.00. The molecule has 0 aromatic heterocycles. The molecule has 4 heteroatoms. The smallest absolute Gasteiger partial charge is 0.253 e. The Morgan fingerprint density at radius 1 is 1.43 bits per heavy atom. The molecular weight excluding hydrogens is 198 g/mol. The molecule has 0 bridgehead atoms. The number of thiocarbonyl (C=S) groups is 1. The van der Waals surface area contributed by atoms with E-state index in [0.717, 1.165) is 5.56 Å². The maximum absolute atomic E-state index is 9.13. The van der Waals surface area contributed by atoms with Crippen LogP contribution in [0.4, 0.5) is 0 Å². The molecule has 76 valence electrons. The van der Waals surface area contributed by atoms with Gasteiger partial charge < -0.3 is 15.6 Å². The van der Waals surface area contributed by atoms with E-state index in [1.54, 1.807) is 0 Å². The lowest BCUT2D eigenvalue weighted by atomic mass is 10.0. The molecule has 0 saturated carbocycles. The van der Waals surface area contributed by atoms with Gasteiger partial charge in [0.25, 0.3) is 5.17 Å². The number of hydrogen-bond donors (Lipinski definition) is 2. The first kappa shape index (κ1) is 10.9. The third kappa shape index (κ3) is 3.32. The first-order valence-electron chi connectivity index (χ1n) is 4.32. The maximum atomic E-state index is 9.13. The van der Waals surface area contributed by atoms with Gasteiger partial charge in [-0.15, -0.1) is 0 Å². The standard InChI is InChI=1S/C10H13NO2S/c11-10(14)13-7-9(6-12)8-4-2-1-3-5-8/h1-5,9,12H,6-7H2,(H2,11,14)/t9-/m0/s1. The number of rotatable bonds is 4. The highest BCUT2D eigenvalue weighted by molar-refractivity contribution is 7.80. The van der Waals surface area contributed by atoms with Gasteiger partial charge in [0.1, 0.15) is 0 Å². The normalized spacial score (nSPS) is 12.1. The molecule has 0 aliphatic carbocycles. The molecule has 1 rings (SSSR count). The average Bonchev–Trinajstić information content (AvgIpc) is 2.20. The van der Waals surface area contributed by atoms with Crippen LogP contribution in [-0.4, -0.2) is 23.5 Å². The topological polar surface area (TPSA) is 55.5 Å². The predicted molar refractivity (Wildman–Crippen MR) is 59.0 cm³/mol. The largest absolute Gasteiger partial charge is 0.470 e. The number of hydrogen-bond acceptors (Lipinski definition) is 3. The number of ether oxygens (including phenoxy) is 1. The van der Waals surface area contributed by atoms with E-state index >= 15 is 0 Å². The summed E-state index contributed by atoms with van der Waals surface area (Å²) in [6.07, 6.45) is 0.